The van der Waals surface area contributed by atoms with Gasteiger partial charge < -0.3 is 10.3 Å². The zero-order valence-electron chi connectivity index (χ0n) is 16.5. The maximum absolute atomic E-state index is 13.8. The van der Waals surface area contributed by atoms with E-state index in [0.29, 0.717) is 12.5 Å². The highest BCUT2D eigenvalue weighted by Gasteiger charge is 2.27. The third-order valence-corrected chi connectivity index (χ3v) is 6.29. The molecule has 0 aliphatic heterocycles. The van der Waals surface area contributed by atoms with Gasteiger partial charge in [0.25, 0.3) is 5.56 Å². The van der Waals surface area contributed by atoms with Gasteiger partial charge in [0.2, 0.25) is 15.9 Å². The van der Waals surface area contributed by atoms with Crippen LogP contribution in [0.15, 0.2) is 44.8 Å². The number of nitrogens with zero attached hydrogens (tertiary/aromatic N) is 1. The van der Waals surface area contributed by atoms with Gasteiger partial charge in [0.05, 0.1) is 28.0 Å². The quantitative estimate of drug-likeness (QED) is 0.452. The molecular formula is C19H17F3N4O5S. The van der Waals surface area contributed by atoms with Gasteiger partial charge in [0.15, 0.2) is 17.5 Å². The molecule has 0 aliphatic carbocycles. The first-order valence-electron chi connectivity index (χ1n) is 9.24. The highest BCUT2D eigenvalue weighted by atomic mass is 32.2. The van der Waals surface area contributed by atoms with Crippen molar-refractivity contribution in [3.8, 4) is 0 Å². The van der Waals surface area contributed by atoms with Gasteiger partial charge in [-0.3, -0.25) is 14.6 Å². The van der Waals surface area contributed by atoms with E-state index in [2.05, 4.69) is 4.98 Å². The minimum absolute atomic E-state index is 0.0876. The Hall–Kier alpha value is -3.45. The van der Waals surface area contributed by atoms with Gasteiger partial charge in [-0.15, -0.1) is 0 Å². The van der Waals surface area contributed by atoms with E-state index in [1.165, 1.54) is 6.07 Å². The highest BCUT2D eigenvalue weighted by molar-refractivity contribution is 7.89. The lowest BCUT2D eigenvalue weighted by atomic mass is 10.2. The molecular weight excluding hydrogens is 453 g/mol. The highest BCUT2D eigenvalue weighted by Crippen LogP contribution is 2.21. The van der Waals surface area contributed by atoms with Crippen molar-refractivity contribution in [2.24, 2.45) is 0 Å². The molecule has 0 unspecified atom stereocenters. The van der Waals surface area contributed by atoms with E-state index in [-0.39, 0.29) is 22.3 Å². The average Bonchev–Trinajstić information content (AvgIpc) is 2.73. The van der Waals surface area contributed by atoms with Crippen molar-refractivity contribution < 1.29 is 26.4 Å². The van der Waals surface area contributed by atoms with E-state index < -0.39 is 56.9 Å². The zero-order valence-corrected chi connectivity index (χ0v) is 17.4. The molecule has 3 rings (SSSR count). The van der Waals surface area contributed by atoms with Crippen molar-refractivity contribution in [3.05, 3.63) is 68.6 Å². The predicted octanol–water partition coefficient (Wildman–Crippen LogP) is 1.67. The van der Waals surface area contributed by atoms with Gasteiger partial charge in [0.1, 0.15) is 0 Å². The Labute approximate surface area is 178 Å². The van der Waals surface area contributed by atoms with Crippen molar-refractivity contribution in [2.75, 3.05) is 18.4 Å². The number of amides is 1. The molecule has 0 fully saturated rings. The van der Waals surface area contributed by atoms with Gasteiger partial charge in [-0.1, -0.05) is 6.92 Å². The van der Waals surface area contributed by atoms with E-state index in [9.17, 15) is 36.0 Å². The molecule has 3 aromatic rings. The number of anilines is 1. The van der Waals surface area contributed by atoms with E-state index in [0.717, 1.165) is 22.5 Å². The van der Waals surface area contributed by atoms with Crippen LogP contribution in [-0.2, 0) is 14.8 Å². The molecule has 170 valence electrons. The Kier molecular flexibility index (Phi) is 6.50. The van der Waals surface area contributed by atoms with Crippen LogP contribution in [0.2, 0.25) is 0 Å². The number of nitrogens with one attached hydrogen (secondary N) is 3. The molecule has 2 aromatic carbocycles. The van der Waals surface area contributed by atoms with Crippen LogP contribution >= 0.6 is 0 Å². The van der Waals surface area contributed by atoms with Crippen molar-refractivity contribution >= 4 is 32.5 Å². The molecule has 0 bridgehead atoms. The summed E-state index contributed by atoms with van der Waals surface area (Å²) in [6, 6.07) is 4.86. The fraction of sp³-hybridized carbons (Fsp3) is 0.211. The number of hydrogen-bond donors (Lipinski definition) is 3. The number of sulfonamides is 1. The summed E-state index contributed by atoms with van der Waals surface area (Å²) in [5.74, 6) is -5.83. The van der Waals surface area contributed by atoms with Crippen LogP contribution in [0.25, 0.3) is 10.9 Å². The first-order valence-corrected chi connectivity index (χ1v) is 10.7. The smallest absolute Gasteiger partial charge is 0.322 e. The fourth-order valence-electron chi connectivity index (χ4n) is 2.96. The van der Waals surface area contributed by atoms with Crippen molar-refractivity contribution in [2.45, 2.75) is 18.2 Å². The Balaban J connectivity index is 1.91. The molecule has 1 aromatic heterocycles. The minimum atomic E-state index is -4.29. The predicted molar refractivity (Wildman–Crippen MR) is 109 cm³/mol. The summed E-state index contributed by atoms with van der Waals surface area (Å²) < 4.78 is 67.2. The molecule has 9 nitrogen and oxygen atoms in total. The number of carbonyl (C=O) groups excluding carboxylic acids is 1. The van der Waals surface area contributed by atoms with E-state index in [1.54, 1.807) is 6.92 Å². The number of carbonyl (C=O) groups is 1. The van der Waals surface area contributed by atoms with Crippen molar-refractivity contribution in [3.63, 3.8) is 0 Å². The molecule has 0 radical (unpaired) electrons. The summed E-state index contributed by atoms with van der Waals surface area (Å²) in [5.41, 5.74) is -2.09. The zero-order chi connectivity index (χ0) is 23.6. The summed E-state index contributed by atoms with van der Waals surface area (Å²) in [5, 5.41) is 1.93. The third kappa shape index (κ3) is 4.57. The van der Waals surface area contributed by atoms with Crippen LogP contribution < -0.4 is 16.6 Å². The second kappa shape index (κ2) is 8.96. The second-order valence-corrected chi connectivity index (χ2v) is 8.66. The topological polar surface area (TPSA) is 132 Å². The maximum Gasteiger partial charge on any atom is 0.326 e. The molecule has 13 heteroatoms. The lowest BCUT2D eigenvalue weighted by Gasteiger charge is -2.21. The third-order valence-electron chi connectivity index (χ3n) is 4.45. The SMILES string of the molecule is CCCN(CC(=O)Nc1ccc(F)c(F)c1F)S(=O)(=O)c1ccc2[nH]c(=O)[nH]c(=O)c2c1. The number of fused-ring (bicyclic) bond motifs is 1. The number of hydrogen-bond acceptors (Lipinski definition) is 5. The van der Waals surface area contributed by atoms with Gasteiger partial charge in [-0.25, -0.2) is 26.4 Å². The number of aromatic nitrogens is 2. The lowest BCUT2D eigenvalue weighted by molar-refractivity contribution is -0.116. The Bertz CT molecular complexity index is 1420. The van der Waals surface area contributed by atoms with Crippen LogP contribution in [0, 0.1) is 17.5 Å². The van der Waals surface area contributed by atoms with Gasteiger partial charge in [-0.05, 0) is 36.8 Å². The number of benzene rings is 2. The normalized spacial score (nSPS) is 11.8. The molecule has 0 atom stereocenters. The number of rotatable bonds is 7. The Morgan fingerprint density at radius 3 is 2.47 bits per heavy atom. The first kappa shape index (κ1) is 23.2. The van der Waals surface area contributed by atoms with Crippen LogP contribution in [-0.4, -0.2) is 41.7 Å². The molecule has 3 N–H and O–H groups in total. The van der Waals surface area contributed by atoms with Crippen molar-refractivity contribution in [1.82, 2.24) is 14.3 Å². The molecule has 0 spiro atoms. The summed E-state index contributed by atoms with van der Waals surface area (Å²) in [7, 11) is -4.29. The molecule has 0 aliphatic rings. The molecule has 0 saturated heterocycles. The molecule has 0 saturated carbocycles. The molecule has 1 heterocycles. The van der Waals surface area contributed by atoms with Crippen LogP contribution in [0.4, 0.5) is 18.9 Å². The van der Waals surface area contributed by atoms with Crippen LogP contribution in [0.3, 0.4) is 0 Å². The van der Waals surface area contributed by atoms with Gasteiger partial charge in [0, 0.05) is 6.54 Å². The van der Waals surface area contributed by atoms with E-state index >= 15 is 0 Å². The van der Waals surface area contributed by atoms with Gasteiger partial charge >= 0.3 is 5.69 Å². The molecule has 1 amide bonds. The summed E-state index contributed by atoms with van der Waals surface area (Å²) in [6.45, 7) is 0.802. The first-order chi connectivity index (χ1) is 15.0. The minimum Gasteiger partial charge on any atom is -0.322 e. The van der Waals surface area contributed by atoms with Crippen LogP contribution in [0.1, 0.15) is 13.3 Å². The molecule has 32 heavy (non-hydrogen) atoms. The Morgan fingerprint density at radius 1 is 1.06 bits per heavy atom. The monoisotopic (exact) mass is 470 g/mol. The van der Waals surface area contributed by atoms with E-state index in [4.69, 9.17) is 0 Å². The van der Waals surface area contributed by atoms with Gasteiger partial charge in [-0.2, -0.15) is 4.31 Å². The Morgan fingerprint density at radius 2 is 1.78 bits per heavy atom. The average molecular weight is 470 g/mol. The summed E-state index contributed by atoms with van der Waals surface area (Å²) >= 11 is 0. The lowest BCUT2D eigenvalue weighted by Crippen LogP contribution is -2.38. The summed E-state index contributed by atoms with van der Waals surface area (Å²) in [6.07, 6.45) is 0.313. The number of H-pyrrole nitrogens is 2. The van der Waals surface area contributed by atoms with Crippen molar-refractivity contribution in [1.29, 1.82) is 0 Å². The fourth-order valence-corrected chi connectivity index (χ4v) is 4.47. The second-order valence-electron chi connectivity index (χ2n) is 6.73. The van der Waals surface area contributed by atoms with Crippen LogP contribution in [0.5, 0.6) is 0 Å². The number of aromatic amines is 2. The van der Waals surface area contributed by atoms with E-state index in [1.807, 2.05) is 10.3 Å². The largest absolute Gasteiger partial charge is 0.326 e. The standard InChI is InChI=1S/C19H17F3N4O5S/c1-2-7-26(9-15(27)23-14-6-4-12(20)16(21)17(14)22)32(30,31)10-3-5-13-11(8-10)18(28)25-19(29)24-13/h3-6,8H,2,7,9H2,1H3,(H,23,27)(H2,24,25,28,29). The maximum atomic E-state index is 13.8. The summed E-state index contributed by atoms with van der Waals surface area (Å²) in [4.78, 5) is 39.7. The number of halogens is 3.